The standard InChI is InChI=1S/C8H10N2O3S.C6H9N3O3/c1-6(11)10-14(12,13)8-4-2-7(9)3-5-8;1-5-7-4-6(9(11)12)8(5)2-3-10/h2-5H,9H2,1H3,(H,10,11);4,10H,2-3H2,1H3. The summed E-state index contributed by atoms with van der Waals surface area (Å²) in [4.78, 5) is 24.2. The van der Waals surface area contributed by atoms with E-state index in [2.05, 4.69) is 4.98 Å². The molecule has 1 aromatic carbocycles. The van der Waals surface area contributed by atoms with Gasteiger partial charge in [0.15, 0.2) is 5.82 Å². The number of aliphatic hydroxyl groups is 1. The topological polar surface area (TPSA) is 170 Å². The Morgan fingerprint density at radius 2 is 1.96 bits per heavy atom. The van der Waals surface area contributed by atoms with Crippen LogP contribution in [0.2, 0.25) is 0 Å². The van der Waals surface area contributed by atoms with Crippen molar-refractivity contribution < 1.29 is 23.2 Å². The molecule has 0 aliphatic rings. The lowest BCUT2D eigenvalue weighted by Gasteiger charge is -2.04. The number of aliphatic hydroxyl groups excluding tert-OH is 1. The van der Waals surface area contributed by atoms with Crippen molar-refractivity contribution in [2.45, 2.75) is 25.3 Å². The molecule has 0 bridgehead atoms. The number of nitrogens with zero attached hydrogens (tertiary/aromatic N) is 3. The van der Waals surface area contributed by atoms with Crippen LogP contribution in [0.1, 0.15) is 12.7 Å². The zero-order chi connectivity index (χ0) is 19.9. The molecule has 11 nitrogen and oxygen atoms in total. The van der Waals surface area contributed by atoms with Crippen LogP contribution >= 0.6 is 0 Å². The van der Waals surface area contributed by atoms with Crippen LogP contribution in [0.5, 0.6) is 0 Å². The summed E-state index contributed by atoms with van der Waals surface area (Å²) in [7, 11) is -3.73. The third kappa shape index (κ3) is 5.82. The molecule has 1 aromatic heterocycles. The van der Waals surface area contributed by atoms with E-state index in [-0.39, 0.29) is 23.9 Å². The number of aryl methyl sites for hydroxylation is 1. The Labute approximate surface area is 149 Å². The molecule has 12 heteroatoms. The van der Waals surface area contributed by atoms with Gasteiger partial charge >= 0.3 is 5.82 Å². The van der Waals surface area contributed by atoms with Gasteiger partial charge in [0.1, 0.15) is 12.7 Å². The van der Waals surface area contributed by atoms with Gasteiger partial charge in [0.25, 0.3) is 10.0 Å². The van der Waals surface area contributed by atoms with Crippen LogP contribution < -0.4 is 10.5 Å². The highest BCUT2D eigenvalue weighted by molar-refractivity contribution is 7.90. The Bertz CT molecular complexity index is 876. The molecule has 2 rings (SSSR count). The van der Waals surface area contributed by atoms with E-state index in [0.29, 0.717) is 11.5 Å². The lowest BCUT2D eigenvalue weighted by Crippen LogP contribution is -2.28. The minimum atomic E-state index is -3.73. The zero-order valence-electron chi connectivity index (χ0n) is 14.1. The number of nitrogens with one attached hydrogen (secondary N) is 1. The molecular formula is C14H19N5O6S. The van der Waals surface area contributed by atoms with Gasteiger partial charge in [-0.15, -0.1) is 0 Å². The second-order valence-electron chi connectivity index (χ2n) is 5.03. The van der Waals surface area contributed by atoms with Crippen molar-refractivity contribution in [3.8, 4) is 0 Å². The Balaban J connectivity index is 0.000000263. The van der Waals surface area contributed by atoms with Gasteiger partial charge in [-0.05, 0) is 29.2 Å². The number of amides is 1. The van der Waals surface area contributed by atoms with Crippen LogP contribution in [0.25, 0.3) is 0 Å². The molecular weight excluding hydrogens is 366 g/mol. The Morgan fingerprint density at radius 1 is 1.38 bits per heavy atom. The molecule has 1 heterocycles. The summed E-state index contributed by atoms with van der Waals surface area (Å²) in [5, 5.41) is 19.0. The SMILES string of the molecule is CC(=O)NS(=O)(=O)c1ccc(N)cc1.Cc1ncc([N+](=O)[O-])n1CCO. The van der Waals surface area contributed by atoms with Crippen LogP contribution in [0, 0.1) is 17.0 Å². The lowest BCUT2D eigenvalue weighted by molar-refractivity contribution is -0.392. The minimum absolute atomic E-state index is 0.0156. The second kappa shape index (κ2) is 8.92. The molecule has 0 atom stereocenters. The quantitative estimate of drug-likeness (QED) is 0.372. The van der Waals surface area contributed by atoms with E-state index in [4.69, 9.17) is 10.8 Å². The van der Waals surface area contributed by atoms with E-state index in [9.17, 15) is 23.3 Å². The average molecular weight is 385 g/mol. The van der Waals surface area contributed by atoms with Crippen LogP contribution in [-0.2, 0) is 21.4 Å². The van der Waals surface area contributed by atoms with E-state index >= 15 is 0 Å². The van der Waals surface area contributed by atoms with Crippen LogP contribution in [0.4, 0.5) is 11.5 Å². The highest BCUT2D eigenvalue weighted by atomic mass is 32.2. The first-order chi connectivity index (χ1) is 12.1. The molecule has 0 unspecified atom stereocenters. The molecule has 2 aromatic rings. The van der Waals surface area contributed by atoms with Gasteiger partial charge in [-0.2, -0.15) is 0 Å². The molecule has 0 spiro atoms. The molecule has 4 N–H and O–H groups in total. The number of hydrogen-bond donors (Lipinski definition) is 3. The maximum atomic E-state index is 11.4. The van der Waals surface area contributed by atoms with Gasteiger partial charge in [-0.1, -0.05) is 0 Å². The van der Waals surface area contributed by atoms with Crippen molar-refractivity contribution in [1.82, 2.24) is 14.3 Å². The summed E-state index contributed by atoms with van der Waals surface area (Å²) >= 11 is 0. The number of carbonyl (C=O) groups excluding carboxylic acids is 1. The van der Waals surface area contributed by atoms with E-state index in [1.54, 1.807) is 6.92 Å². The molecule has 0 aliphatic heterocycles. The van der Waals surface area contributed by atoms with Gasteiger partial charge in [-0.25, -0.2) is 22.7 Å². The number of hydrogen-bond acceptors (Lipinski definition) is 8. The van der Waals surface area contributed by atoms with E-state index < -0.39 is 20.9 Å². The third-order valence-corrected chi connectivity index (χ3v) is 4.46. The number of rotatable bonds is 5. The minimum Gasteiger partial charge on any atom is -0.399 e. The fourth-order valence-electron chi connectivity index (χ4n) is 1.87. The molecule has 0 saturated carbocycles. The molecule has 26 heavy (non-hydrogen) atoms. The second-order valence-corrected chi connectivity index (χ2v) is 6.71. The number of nitrogen functional groups attached to an aromatic ring is 1. The summed E-state index contributed by atoms with van der Waals surface area (Å²) in [5.41, 5.74) is 5.85. The third-order valence-electron chi connectivity index (χ3n) is 3.01. The maximum absolute atomic E-state index is 11.4. The number of nitro groups is 1. The molecule has 0 aliphatic carbocycles. The summed E-state index contributed by atoms with van der Waals surface area (Å²) in [6.07, 6.45) is 1.19. The number of benzene rings is 1. The van der Waals surface area contributed by atoms with E-state index in [1.807, 2.05) is 4.72 Å². The summed E-state index contributed by atoms with van der Waals surface area (Å²) in [6, 6.07) is 5.57. The lowest BCUT2D eigenvalue weighted by atomic mass is 10.3. The highest BCUT2D eigenvalue weighted by Gasteiger charge is 2.16. The smallest absolute Gasteiger partial charge is 0.342 e. The number of imidazole rings is 1. The van der Waals surface area contributed by atoms with Crippen molar-refractivity contribution in [1.29, 1.82) is 0 Å². The summed E-state index contributed by atoms with van der Waals surface area (Å²) in [5.74, 6) is -0.167. The number of aromatic nitrogens is 2. The summed E-state index contributed by atoms with van der Waals surface area (Å²) in [6.45, 7) is 2.87. The fourth-order valence-corrected chi connectivity index (χ4v) is 2.86. The van der Waals surface area contributed by atoms with Gasteiger partial charge in [0, 0.05) is 19.5 Å². The zero-order valence-corrected chi connectivity index (χ0v) is 14.9. The molecule has 0 radical (unpaired) electrons. The first kappa shape index (κ1) is 21.1. The predicted octanol–water partition coefficient (Wildman–Crippen LogP) is 0.186. The largest absolute Gasteiger partial charge is 0.399 e. The van der Waals surface area contributed by atoms with Crippen molar-refractivity contribution in [2.75, 3.05) is 12.3 Å². The molecule has 1 amide bonds. The van der Waals surface area contributed by atoms with Crippen molar-refractivity contribution in [2.24, 2.45) is 0 Å². The first-order valence-electron chi connectivity index (χ1n) is 7.24. The van der Waals surface area contributed by atoms with E-state index in [0.717, 1.165) is 6.92 Å². The predicted molar refractivity (Wildman–Crippen MR) is 92.6 cm³/mol. The Kier molecular flexibility index (Phi) is 7.22. The normalized spacial score (nSPS) is 10.6. The first-order valence-corrected chi connectivity index (χ1v) is 8.73. The fraction of sp³-hybridized carbons (Fsp3) is 0.286. The van der Waals surface area contributed by atoms with Gasteiger partial charge < -0.3 is 21.0 Å². The van der Waals surface area contributed by atoms with Crippen LogP contribution in [-0.4, -0.2) is 40.5 Å². The molecule has 142 valence electrons. The van der Waals surface area contributed by atoms with Crippen LogP contribution in [0.15, 0.2) is 35.4 Å². The molecule has 0 fully saturated rings. The van der Waals surface area contributed by atoms with Crippen molar-refractivity contribution >= 4 is 27.4 Å². The molecule has 0 saturated heterocycles. The van der Waals surface area contributed by atoms with Crippen molar-refractivity contribution in [3.63, 3.8) is 0 Å². The van der Waals surface area contributed by atoms with Crippen LogP contribution in [0.3, 0.4) is 0 Å². The number of carbonyl (C=O) groups is 1. The van der Waals surface area contributed by atoms with Crippen molar-refractivity contribution in [3.05, 3.63) is 46.4 Å². The number of nitrogens with two attached hydrogens (primary N) is 1. The average Bonchev–Trinajstić information content (AvgIpc) is 2.89. The van der Waals surface area contributed by atoms with Gasteiger partial charge in [-0.3, -0.25) is 4.79 Å². The monoisotopic (exact) mass is 385 g/mol. The summed E-state index contributed by atoms with van der Waals surface area (Å²) < 4.78 is 26.0. The Morgan fingerprint density at radius 3 is 2.42 bits per heavy atom. The van der Waals surface area contributed by atoms with Gasteiger partial charge in [0.2, 0.25) is 5.91 Å². The number of anilines is 1. The maximum Gasteiger partial charge on any atom is 0.342 e. The van der Waals surface area contributed by atoms with E-state index in [1.165, 1.54) is 35.0 Å². The Hall–Kier alpha value is -2.99. The number of sulfonamides is 1. The van der Waals surface area contributed by atoms with Gasteiger partial charge in [0.05, 0.1) is 11.5 Å². The highest BCUT2D eigenvalue weighted by Crippen LogP contribution is 2.12.